The van der Waals surface area contributed by atoms with Gasteiger partial charge in [0, 0.05) is 6.42 Å². The first-order valence-electron chi connectivity index (χ1n) is 6.23. The van der Waals surface area contributed by atoms with Gasteiger partial charge in [-0.05, 0) is 43.4 Å². The van der Waals surface area contributed by atoms with Crippen LogP contribution in [0.25, 0.3) is 0 Å². The number of fused-ring (bicyclic) bond motifs is 2. The second kappa shape index (κ2) is 2.45. The van der Waals surface area contributed by atoms with Gasteiger partial charge in [0.05, 0.1) is 5.41 Å². The number of hydrogen-bond donors (Lipinski definition) is 0. The van der Waals surface area contributed by atoms with Crippen LogP contribution in [0.4, 0.5) is 0 Å². The van der Waals surface area contributed by atoms with Crippen LogP contribution in [0.2, 0.25) is 0 Å². The molecule has 0 saturated heterocycles. The summed E-state index contributed by atoms with van der Waals surface area (Å²) in [6.07, 6.45) is 12.8. The molecule has 1 unspecified atom stereocenters. The summed E-state index contributed by atoms with van der Waals surface area (Å²) >= 11 is 0. The average molecular weight is 200 g/mol. The van der Waals surface area contributed by atoms with Crippen LogP contribution in [0.1, 0.15) is 32.1 Å². The second-order valence-corrected chi connectivity index (χ2v) is 5.66. The molecule has 1 spiro atoms. The normalized spacial score (nSPS) is 50.5. The average Bonchev–Trinajstić information content (AvgIpc) is 2.82. The zero-order chi connectivity index (χ0) is 10.0. The zero-order valence-electron chi connectivity index (χ0n) is 8.91. The minimum atomic E-state index is 0.0627. The molecule has 0 heterocycles. The lowest BCUT2D eigenvalue weighted by Gasteiger charge is -2.53. The first kappa shape index (κ1) is 8.32. The Morgan fingerprint density at radius 2 is 2.33 bits per heavy atom. The zero-order valence-corrected chi connectivity index (χ0v) is 8.91. The molecular formula is C14H16O. The molecule has 0 aromatic heterocycles. The number of allylic oxidation sites excluding steroid dienone is 4. The Morgan fingerprint density at radius 1 is 1.40 bits per heavy atom. The molecule has 0 aromatic rings. The van der Waals surface area contributed by atoms with Gasteiger partial charge in [-0.15, -0.1) is 0 Å². The van der Waals surface area contributed by atoms with E-state index in [1.54, 1.807) is 0 Å². The largest absolute Gasteiger partial charge is 0.299 e. The summed E-state index contributed by atoms with van der Waals surface area (Å²) in [5, 5.41) is 0. The van der Waals surface area contributed by atoms with E-state index in [0.717, 1.165) is 18.8 Å². The van der Waals surface area contributed by atoms with Crippen molar-refractivity contribution in [2.75, 3.05) is 0 Å². The first-order valence-corrected chi connectivity index (χ1v) is 6.23. The van der Waals surface area contributed by atoms with Gasteiger partial charge in [0.25, 0.3) is 0 Å². The van der Waals surface area contributed by atoms with Gasteiger partial charge >= 0.3 is 0 Å². The van der Waals surface area contributed by atoms with Crippen LogP contribution < -0.4 is 0 Å². The predicted molar refractivity (Wildman–Crippen MR) is 58.2 cm³/mol. The topological polar surface area (TPSA) is 17.1 Å². The van der Waals surface area contributed by atoms with Gasteiger partial charge < -0.3 is 0 Å². The minimum absolute atomic E-state index is 0.0627. The third-order valence-electron chi connectivity index (χ3n) is 5.30. The summed E-state index contributed by atoms with van der Waals surface area (Å²) in [5.74, 6) is 2.70. The van der Waals surface area contributed by atoms with Gasteiger partial charge in [0.1, 0.15) is 5.78 Å². The van der Waals surface area contributed by atoms with E-state index in [0.29, 0.717) is 17.6 Å². The van der Waals surface area contributed by atoms with Crippen LogP contribution in [-0.2, 0) is 4.79 Å². The van der Waals surface area contributed by atoms with Crippen LogP contribution in [0.3, 0.4) is 0 Å². The van der Waals surface area contributed by atoms with Crippen LogP contribution >= 0.6 is 0 Å². The number of ketones is 1. The highest BCUT2D eigenvalue weighted by molar-refractivity contribution is 5.95. The van der Waals surface area contributed by atoms with E-state index < -0.39 is 0 Å². The molecule has 0 aromatic carbocycles. The van der Waals surface area contributed by atoms with Crippen molar-refractivity contribution < 1.29 is 4.79 Å². The van der Waals surface area contributed by atoms with Crippen molar-refractivity contribution in [2.45, 2.75) is 32.1 Å². The molecule has 2 fully saturated rings. The smallest absolute Gasteiger partial charge is 0.143 e. The third kappa shape index (κ3) is 0.768. The molecule has 0 radical (unpaired) electrons. The van der Waals surface area contributed by atoms with Crippen LogP contribution in [0, 0.1) is 23.2 Å². The lowest BCUT2D eigenvalue weighted by Crippen LogP contribution is -2.55. The van der Waals surface area contributed by atoms with Gasteiger partial charge in [-0.25, -0.2) is 0 Å². The molecule has 78 valence electrons. The highest BCUT2D eigenvalue weighted by Crippen LogP contribution is 2.65. The van der Waals surface area contributed by atoms with Crippen molar-refractivity contribution in [3.63, 3.8) is 0 Å². The maximum Gasteiger partial charge on any atom is 0.143 e. The van der Waals surface area contributed by atoms with Gasteiger partial charge in [-0.2, -0.15) is 0 Å². The highest BCUT2D eigenvalue weighted by atomic mass is 16.1. The van der Waals surface area contributed by atoms with Gasteiger partial charge in [-0.3, -0.25) is 4.79 Å². The number of Topliss-reactive ketones (excluding diaryl/α,β-unsaturated/α-hetero) is 1. The molecule has 0 N–H and O–H groups in total. The van der Waals surface area contributed by atoms with Crippen molar-refractivity contribution in [2.24, 2.45) is 23.2 Å². The number of rotatable bonds is 0. The lowest BCUT2D eigenvalue weighted by molar-refractivity contribution is -0.146. The van der Waals surface area contributed by atoms with Crippen LogP contribution in [-0.4, -0.2) is 5.78 Å². The molecule has 1 heteroatoms. The maximum atomic E-state index is 12.0. The molecule has 4 rings (SSSR count). The predicted octanol–water partition coefficient (Wildman–Crippen LogP) is 2.88. The van der Waals surface area contributed by atoms with E-state index in [-0.39, 0.29) is 5.41 Å². The fourth-order valence-corrected chi connectivity index (χ4v) is 4.60. The highest BCUT2D eigenvalue weighted by Gasteiger charge is 2.63. The molecule has 2 saturated carbocycles. The van der Waals surface area contributed by atoms with E-state index in [2.05, 4.69) is 18.2 Å². The van der Waals surface area contributed by atoms with Crippen LogP contribution in [0.5, 0.6) is 0 Å². The standard InChI is InChI=1S/C14H16O/c15-13-8-12-11-5-1-3-9(11)7-10-4-2-6-14(10,12)13/h1,3,7,9,11-12H,2,4-6,8H2/t9-,11-,12?,14-/m1/s1. The molecule has 4 aliphatic carbocycles. The van der Waals surface area contributed by atoms with Crippen molar-refractivity contribution in [3.05, 3.63) is 23.8 Å². The summed E-state index contributed by atoms with van der Waals surface area (Å²) in [5.41, 5.74) is 1.57. The quantitative estimate of drug-likeness (QED) is 0.549. The second-order valence-electron chi connectivity index (χ2n) is 5.66. The molecular weight excluding hydrogens is 184 g/mol. The third-order valence-corrected chi connectivity index (χ3v) is 5.30. The fourth-order valence-electron chi connectivity index (χ4n) is 4.60. The number of hydrogen-bond acceptors (Lipinski definition) is 1. The molecule has 15 heavy (non-hydrogen) atoms. The number of carbonyl (C=O) groups excluding carboxylic acids is 1. The summed E-state index contributed by atoms with van der Waals surface area (Å²) in [4.78, 5) is 12.0. The number of carbonyl (C=O) groups is 1. The van der Waals surface area contributed by atoms with Gasteiger partial charge in [0.2, 0.25) is 0 Å². The minimum Gasteiger partial charge on any atom is -0.299 e. The Hall–Kier alpha value is -0.850. The molecule has 4 aliphatic rings. The monoisotopic (exact) mass is 200 g/mol. The van der Waals surface area contributed by atoms with Crippen molar-refractivity contribution in [1.82, 2.24) is 0 Å². The van der Waals surface area contributed by atoms with Crippen molar-refractivity contribution in [1.29, 1.82) is 0 Å². The van der Waals surface area contributed by atoms with Gasteiger partial charge in [-0.1, -0.05) is 23.8 Å². The van der Waals surface area contributed by atoms with E-state index >= 15 is 0 Å². The van der Waals surface area contributed by atoms with E-state index in [1.165, 1.54) is 24.8 Å². The molecule has 0 aliphatic heterocycles. The van der Waals surface area contributed by atoms with E-state index in [9.17, 15) is 4.79 Å². The SMILES string of the molecule is O=C1CC2[C@@H]3CC=C[C@@H]3C=C3CCC[C@@]132. The first-order chi connectivity index (χ1) is 7.32. The molecule has 0 bridgehead atoms. The molecule has 4 atom stereocenters. The summed E-state index contributed by atoms with van der Waals surface area (Å²) in [7, 11) is 0. The lowest BCUT2D eigenvalue weighted by atomic mass is 9.48. The van der Waals surface area contributed by atoms with Gasteiger partial charge in [0.15, 0.2) is 0 Å². The Balaban J connectivity index is 1.86. The van der Waals surface area contributed by atoms with Crippen molar-refractivity contribution >= 4 is 5.78 Å². The Kier molecular flexibility index (Phi) is 1.36. The fraction of sp³-hybridized carbons (Fsp3) is 0.643. The summed E-state index contributed by atoms with van der Waals surface area (Å²) < 4.78 is 0. The molecule has 0 amide bonds. The Morgan fingerprint density at radius 3 is 3.20 bits per heavy atom. The Labute approximate surface area is 90.2 Å². The maximum absolute atomic E-state index is 12.0. The summed E-state index contributed by atoms with van der Waals surface area (Å²) in [6, 6.07) is 0. The Bertz CT molecular complexity index is 404. The van der Waals surface area contributed by atoms with Crippen LogP contribution in [0.15, 0.2) is 23.8 Å². The summed E-state index contributed by atoms with van der Waals surface area (Å²) in [6.45, 7) is 0. The van der Waals surface area contributed by atoms with Crippen molar-refractivity contribution in [3.8, 4) is 0 Å². The van der Waals surface area contributed by atoms with E-state index in [1.807, 2.05) is 0 Å². The van der Waals surface area contributed by atoms with E-state index in [4.69, 9.17) is 0 Å². The molecule has 1 nitrogen and oxygen atoms in total.